The molecule has 1 N–H and O–H groups in total. The lowest BCUT2D eigenvalue weighted by atomic mass is 10.3. The fourth-order valence-electron chi connectivity index (χ4n) is 2.12. The van der Waals surface area contributed by atoms with Gasteiger partial charge in [0.05, 0.1) is 18.7 Å². The van der Waals surface area contributed by atoms with E-state index in [1.165, 1.54) is 0 Å². The number of nitrogens with one attached hydrogen (secondary N) is 1. The van der Waals surface area contributed by atoms with Gasteiger partial charge in [0.25, 0.3) is 0 Å². The molecule has 0 spiro atoms. The zero-order chi connectivity index (χ0) is 13.9. The molecule has 6 heteroatoms. The molecule has 0 aliphatic carbocycles. The van der Waals surface area contributed by atoms with E-state index in [4.69, 9.17) is 21.5 Å². The standard InChI is InChI=1S/C14H15N3O2S/c1-2-7-18-12-5-3-4-11-13(12)15-14(20)17(11)9-10-6-8-19-16-10/h3-6,8H,2,7,9H2,1H3,(H,15,20). The summed E-state index contributed by atoms with van der Waals surface area (Å²) in [7, 11) is 0. The Morgan fingerprint density at radius 3 is 3.05 bits per heavy atom. The van der Waals surface area contributed by atoms with Crippen LogP contribution in [-0.2, 0) is 6.54 Å². The summed E-state index contributed by atoms with van der Waals surface area (Å²) in [6.07, 6.45) is 2.53. The van der Waals surface area contributed by atoms with E-state index in [0.29, 0.717) is 17.9 Å². The second kappa shape index (κ2) is 5.50. The SMILES string of the molecule is CCCOc1cccc2c1[nH]c(=S)n2Cc1ccon1. The Morgan fingerprint density at radius 1 is 1.40 bits per heavy atom. The van der Waals surface area contributed by atoms with Crippen LogP contribution in [0.2, 0.25) is 0 Å². The molecule has 2 heterocycles. The summed E-state index contributed by atoms with van der Waals surface area (Å²) in [5.41, 5.74) is 2.77. The first-order chi connectivity index (χ1) is 9.79. The van der Waals surface area contributed by atoms with E-state index < -0.39 is 0 Å². The zero-order valence-electron chi connectivity index (χ0n) is 11.1. The van der Waals surface area contributed by atoms with Gasteiger partial charge in [-0.25, -0.2) is 0 Å². The number of rotatable bonds is 5. The summed E-state index contributed by atoms with van der Waals surface area (Å²) in [6.45, 7) is 3.35. The highest BCUT2D eigenvalue weighted by atomic mass is 32.1. The maximum Gasteiger partial charge on any atom is 0.178 e. The minimum absolute atomic E-state index is 0.576. The first-order valence-corrected chi connectivity index (χ1v) is 6.94. The number of fused-ring (bicyclic) bond motifs is 1. The van der Waals surface area contributed by atoms with Crippen molar-refractivity contribution in [3.05, 3.63) is 41.0 Å². The van der Waals surface area contributed by atoms with Gasteiger partial charge < -0.3 is 18.8 Å². The second-order valence-electron chi connectivity index (χ2n) is 4.51. The Hall–Kier alpha value is -2.08. The van der Waals surface area contributed by atoms with Crippen molar-refractivity contribution in [2.45, 2.75) is 19.9 Å². The predicted molar refractivity (Wildman–Crippen MR) is 78.5 cm³/mol. The van der Waals surface area contributed by atoms with Crippen LogP contribution < -0.4 is 4.74 Å². The van der Waals surface area contributed by atoms with Gasteiger partial charge in [0.15, 0.2) is 4.77 Å². The number of benzene rings is 1. The molecule has 0 fully saturated rings. The molecule has 0 bridgehead atoms. The molecule has 20 heavy (non-hydrogen) atoms. The van der Waals surface area contributed by atoms with Crippen molar-refractivity contribution in [2.24, 2.45) is 0 Å². The summed E-state index contributed by atoms with van der Waals surface area (Å²) in [4.78, 5) is 3.21. The van der Waals surface area contributed by atoms with Gasteiger partial charge in [-0.05, 0) is 30.8 Å². The molecule has 104 valence electrons. The molecule has 0 atom stereocenters. The smallest absolute Gasteiger partial charge is 0.178 e. The van der Waals surface area contributed by atoms with Crippen molar-refractivity contribution in [1.29, 1.82) is 0 Å². The van der Waals surface area contributed by atoms with Gasteiger partial charge in [-0.1, -0.05) is 18.1 Å². The van der Waals surface area contributed by atoms with Crippen LogP contribution in [0.1, 0.15) is 19.0 Å². The Morgan fingerprint density at radius 2 is 2.30 bits per heavy atom. The van der Waals surface area contributed by atoms with Crippen LogP contribution in [0.4, 0.5) is 0 Å². The number of aromatic nitrogens is 3. The largest absolute Gasteiger partial charge is 0.491 e. The topological polar surface area (TPSA) is 56.0 Å². The van der Waals surface area contributed by atoms with E-state index in [1.807, 2.05) is 28.8 Å². The minimum atomic E-state index is 0.576. The van der Waals surface area contributed by atoms with Crippen molar-refractivity contribution in [3.63, 3.8) is 0 Å². The maximum atomic E-state index is 5.75. The summed E-state index contributed by atoms with van der Waals surface area (Å²) in [5, 5.41) is 3.92. The molecule has 0 amide bonds. The van der Waals surface area contributed by atoms with Gasteiger partial charge in [-0.3, -0.25) is 0 Å². The summed E-state index contributed by atoms with van der Waals surface area (Å²) < 4.78 is 13.2. The van der Waals surface area contributed by atoms with Crippen LogP contribution in [0.25, 0.3) is 11.0 Å². The summed E-state index contributed by atoms with van der Waals surface area (Å²) >= 11 is 5.39. The average molecular weight is 289 g/mol. The highest BCUT2D eigenvalue weighted by Gasteiger charge is 2.10. The van der Waals surface area contributed by atoms with Gasteiger partial charge in [0.2, 0.25) is 0 Å². The van der Waals surface area contributed by atoms with Gasteiger partial charge >= 0.3 is 0 Å². The van der Waals surface area contributed by atoms with E-state index in [9.17, 15) is 0 Å². The van der Waals surface area contributed by atoms with Gasteiger partial charge in [-0.15, -0.1) is 0 Å². The van der Waals surface area contributed by atoms with Crippen LogP contribution in [0.3, 0.4) is 0 Å². The van der Waals surface area contributed by atoms with E-state index in [-0.39, 0.29) is 0 Å². The third-order valence-corrected chi connectivity index (χ3v) is 3.37. The van der Waals surface area contributed by atoms with Crippen molar-refractivity contribution in [3.8, 4) is 5.75 Å². The second-order valence-corrected chi connectivity index (χ2v) is 4.89. The van der Waals surface area contributed by atoms with Crippen molar-refractivity contribution < 1.29 is 9.26 Å². The number of aromatic amines is 1. The molecular weight excluding hydrogens is 274 g/mol. The summed E-state index contributed by atoms with van der Waals surface area (Å²) in [6, 6.07) is 7.76. The number of imidazole rings is 1. The number of hydrogen-bond donors (Lipinski definition) is 1. The van der Waals surface area contributed by atoms with E-state index >= 15 is 0 Å². The van der Waals surface area contributed by atoms with Gasteiger partial charge in [-0.2, -0.15) is 0 Å². The third kappa shape index (κ3) is 2.34. The number of hydrogen-bond acceptors (Lipinski definition) is 4. The molecule has 5 nitrogen and oxygen atoms in total. The molecule has 0 saturated heterocycles. The van der Waals surface area contributed by atoms with Crippen LogP contribution >= 0.6 is 12.2 Å². The van der Waals surface area contributed by atoms with Crippen molar-refractivity contribution >= 4 is 23.3 Å². The molecule has 0 aliphatic heterocycles. The molecule has 3 rings (SSSR count). The fourth-order valence-corrected chi connectivity index (χ4v) is 2.39. The highest BCUT2D eigenvalue weighted by molar-refractivity contribution is 7.71. The summed E-state index contributed by atoms with van der Waals surface area (Å²) in [5.74, 6) is 0.828. The number of ether oxygens (including phenoxy) is 1. The predicted octanol–water partition coefficient (Wildman–Crippen LogP) is 3.52. The van der Waals surface area contributed by atoms with Crippen molar-refractivity contribution in [2.75, 3.05) is 6.61 Å². The lowest BCUT2D eigenvalue weighted by Crippen LogP contribution is -2.00. The normalized spacial score (nSPS) is 11.1. The average Bonchev–Trinajstić information content (AvgIpc) is 3.06. The fraction of sp³-hybridized carbons (Fsp3) is 0.286. The molecule has 1 aromatic carbocycles. The van der Waals surface area contributed by atoms with Crippen LogP contribution in [0.15, 0.2) is 35.1 Å². The van der Waals surface area contributed by atoms with Gasteiger partial charge in [0.1, 0.15) is 23.2 Å². The van der Waals surface area contributed by atoms with Crippen LogP contribution in [-0.4, -0.2) is 21.3 Å². The molecule has 0 saturated carbocycles. The zero-order valence-corrected chi connectivity index (χ0v) is 11.9. The Bertz CT molecular complexity index is 758. The number of H-pyrrole nitrogens is 1. The Kier molecular flexibility index (Phi) is 3.56. The first kappa shape index (κ1) is 12.9. The quantitative estimate of drug-likeness (QED) is 0.730. The molecule has 0 unspecified atom stereocenters. The van der Waals surface area contributed by atoms with Crippen LogP contribution in [0.5, 0.6) is 5.75 Å². The third-order valence-electron chi connectivity index (χ3n) is 3.05. The van der Waals surface area contributed by atoms with Crippen molar-refractivity contribution in [1.82, 2.24) is 14.7 Å². The van der Waals surface area contributed by atoms with E-state index in [2.05, 4.69) is 17.1 Å². The molecule has 0 radical (unpaired) electrons. The lowest BCUT2D eigenvalue weighted by molar-refractivity contribution is 0.320. The lowest BCUT2D eigenvalue weighted by Gasteiger charge is -2.06. The van der Waals surface area contributed by atoms with Crippen LogP contribution in [0, 0.1) is 4.77 Å². The molecule has 0 aliphatic rings. The first-order valence-electron chi connectivity index (χ1n) is 6.53. The highest BCUT2D eigenvalue weighted by Crippen LogP contribution is 2.25. The molecule has 3 aromatic rings. The molecular formula is C14H15N3O2S. The minimum Gasteiger partial charge on any atom is -0.491 e. The van der Waals surface area contributed by atoms with E-state index in [1.54, 1.807) is 6.26 Å². The number of nitrogens with zero attached hydrogens (tertiary/aromatic N) is 2. The maximum absolute atomic E-state index is 5.75. The number of para-hydroxylation sites is 1. The monoisotopic (exact) mass is 289 g/mol. The Labute approximate surface area is 121 Å². The Balaban J connectivity index is 2.05. The van der Waals surface area contributed by atoms with E-state index in [0.717, 1.165) is 28.9 Å². The molecule has 2 aromatic heterocycles. The van der Waals surface area contributed by atoms with Gasteiger partial charge in [0, 0.05) is 6.07 Å².